The molecule has 2 aromatic heterocycles. The van der Waals surface area contributed by atoms with Crippen molar-refractivity contribution in [2.75, 3.05) is 29.9 Å². The Hall–Kier alpha value is -3.62. The molecule has 1 aliphatic rings. The van der Waals surface area contributed by atoms with Gasteiger partial charge < -0.3 is 9.80 Å². The third kappa shape index (κ3) is 4.19. The summed E-state index contributed by atoms with van der Waals surface area (Å²) in [6.07, 6.45) is 3.77. The molecule has 0 saturated carbocycles. The van der Waals surface area contributed by atoms with Gasteiger partial charge in [-0.15, -0.1) is 5.10 Å². The summed E-state index contributed by atoms with van der Waals surface area (Å²) in [5.74, 6) is 2.17. The lowest BCUT2D eigenvalue weighted by molar-refractivity contribution is -0.384. The third-order valence-electron chi connectivity index (χ3n) is 5.34. The van der Waals surface area contributed by atoms with Gasteiger partial charge in [-0.25, -0.2) is 9.97 Å². The zero-order chi connectivity index (χ0) is 21.1. The van der Waals surface area contributed by atoms with Gasteiger partial charge in [0, 0.05) is 61.8 Å². The first-order chi connectivity index (χ1) is 14.5. The van der Waals surface area contributed by atoms with E-state index in [-0.39, 0.29) is 11.7 Å². The van der Waals surface area contributed by atoms with Gasteiger partial charge in [0.05, 0.1) is 4.92 Å². The van der Waals surface area contributed by atoms with Crippen LogP contribution in [0.2, 0.25) is 0 Å². The molecule has 1 atom stereocenters. The van der Waals surface area contributed by atoms with Crippen molar-refractivity contribution in [3.05, 3.63) is 64.5 Å². The number of rotatable bonds is 5. The Morgan fingerprint density at radius 3 is 2.83 bits per heavy atom. The van der Waals surface area contributed by atoms with Crippen LogP contribution in [-0.2, 0) is 0 Å². The topological polar surface area (TPSA) is 101 Å². The summed E-state index contributed by atoms with van der Waals surface area (Å²) in [6, 6.07) is 12.5. The molecule has 4 rings (SSSR count). The molecule has 1 unspecified atom stereocenters. The highest BCUT2D eigenvalue weighted by molar-refractivity contribution is 5.61. The van der Waals surface area contributed by atoms with E-state index in [1.165, 1.54) is 12.1 Å². The second-order valence-electron chi connectivity index (χ2n) is 7.43. The van der Waals surface area contributed by atoms with E-state index in [9.17, 15) is 10.1 Å². The maximum Gasteiger partial charge on any atom is 0.270 e. The number of likely N-dealkylation sites (N-methyl/N-ethyl adjacent to an activating group) is 1. The number of hydrogen-bond acceptors (Lipinski definition) is 8. The van der Waals surface area contributed by atoms with Crippen LogP contribution >= 0.6 is 0 Å². The van der Waals surface area contributed by atoms with Crippen molar-refractivity contribution in [2.45, 2.75) is 25.8 Å². The molecular weight excluding hydrogens is 382 g/mol. The van der Waals surface area contributed by atoms with Crippen LogP contribution in [0.15, 0.2) is 48.7 Å². The van der Waals surface area contributed by atoms with Crippen molar-refractivity contribution in [3.8, 4) is 11.4 Å². The number of piperidine rings is 1. The third-order valence-corrected chi connectivity index (χ3v) is 5.34. The number of aromatic nitrogens is 4. The summed E-state index contributed by atoms with van der Waals surface area (Å²) >= 11 is 0. The van der Waals surface area contributed by atoms with Gasteiger partial charge in [-0.2, -0.15) is 5.10 Å². The lowest BCUT2D eigenvalue weighted by Gasteiger charge is -2.38. The SMILES string of the molecule is Cc1cc(N(C)C2CCCN(c3cccnn3)C2)nc(-c2cccc([N+](=O)[O-])c2)n1. The molecule has 1 fully saturated rings. The minimum Gasteiger partial charge on any atom is -0.355 e. The van der Waals surface area contributed by atoms with Crippen molar-refractivity contribution in [3.63, 3.8) is 0 Å². The smallest absolute Gasteiger partial charge is 0.270 e. The van der Waals surface area contributed by atoms with E-state index < -0.39 is 4.92 Å². The van der Waals surface area contributed by atoms with Gasteiger partial charge in [0.15, 0.2) is 11.6 Å². The number of aryl methyl sites for hydroxylation is 1. The Balaban J connectivity index is 1.59. The minimum atomic E-state index is -0.407. The Bertz CT molecular complexity index is 1040. The predicted molar refractivity (Wildman–Crippen MR) is 115 cm³/mol. The Morgan fingerprint density at radius 1 is 1.20 bits per heavy atom. The average Bonchev–Trinajstić information content (AvgIpc) is 2.79. The first kappa shape index (κ1) is 19.7. The first-order valence-corrected chi connectivity index (χ1v) is 9.87. The quantitative estimate of drug-likeness (QED) is 0.471. The highest BCUT2D eigenvalue weighted by atomic mass is 16.6. The van der Waals surface area contributed by atoms with Crippen molar-refractivity contribution in [2.24, 2.45) is 0 Å². The molecular formula is C21H23N7O2. The number of hydrogen-bond donors (Lipinski definition) is 0. The van der Waals surface area contributed by atoms with Gasteiger partial charge >= 0.3 is 0 Å². The van der Waals surface area contributed by atoms with Gasteiger partial charge in [-0.05, 0) is 31.9 Å². The monoisotopic (exact) mass is 405 g/mol. The predicted octanol–water partition coefficient (Wildman–Crippen LogP) is 3.26. The van der Waals surface area contributed by atoms with Gasteiger partial charge in [0.1, 0.15) is 5.82 Å². The maximum atomic E-state index is 11.1. The Kier molecular flexibility index (Phi) is 5.51. The zero-order valence-corrected chi connectivity index (χ0v) is 17.0. The van der Waals surface area contributed by atoms with Crippen molar-refractivity contribution in [1.82, 2.24) is 20.2 Å². The number of nitro benzene ring substituents is 1. The molecule has 3 aromatic rings. The summed E-state index contributed by atoms with van der Waals surface area (Å²) in [5, 5.41) is 19.3. The van der Waals surface area contributed by atoms with Crippen LogP contribution in [-0.4, -0.2) is 51.3 Å². The molecule has 1 aliphatic heterocycles. The van der Waals surface area contributed by atoms with Crippen LogP contribution in [0.3, 0.4) is 0 Å². The van der Waals surface area contributed by atoms with Crippen LogP contribution < -0.4 is 9.80 Å². The molecule has 154 valence electrons. The largest absolute Gasteiger partial charge is 0.355 e. The van der Waals surface area contributed by atoms with E-state index >= 15 is 0 Å². The first-order valence-electron chi connectivity index (χ1n) is 9.87. The normalized spacial score (nSPS) is 16.3. The molecule has 1 aromatic carbocycles. The van der Waals surface area contributed by atoms with E-state index in [1.54, 1.807) is 18.3 Å². The van der Waals surface area contributed by atoms with E-state index in [0.717, 1.165) is 43.3 Å². The molecule has 9 nitrogen and oxygen atoms in total. The summed E-state index contributed by atoms with van der Waals surface area (Å²) < 4.78 is 0. The molecule has 0 bridgehead atoms. The summed E-state index contributed by atoms with van der Waals surface area (Å²) in [6.45, 7) is 3.68. The summed E-state index contributed by atoms with van der Waals surface area (Å²) in [7, 11) is 2.03. The van der Waals surface area contributed by atoms with Crippen LogP contribution in [0.1, 0.15) is 18.5 Å². The van der Waals surface area contributed by atoms with Crippen molar-refractivity contribution < 1.29 is 4.92 Å². The zero-order valence-electron chi connectivity index (χ0n) is 17.0. The molecule has 0 spiro atoms. The Labute approximate surface area is 174 Å². The van der Waals surface area contributed by atoms with Crippen LogP contribution in [0.4, 0.5) is 17.3 Å². The van der Waals surface area contributed by atoms with E-state index in [0.29, 0.717) is 11.4 Å². The molecule has 3 heterocycles. The van der Waals surface area contributed by atoms with Gasteiger partial charge in [-0.1, -0.05) is 12.1 Å². The fourth-order valence-corrected chi connectivity index (χ4v) is 3.75. The van der Waals surface area contributed by atoms with Gasteiger partial charge in [0.2, 0.25) is 0 Å². The lowest BCUT2D eigenvalue weighted by atomic mass is 10.0. The fourth-order valence-electron chi connectivity index (χ4n) is 3.75. The number of non-ortho nitro benzene ring substituents is 1. The van der Waals surface area contributed by atoms with Gasteiger partial charge in [-0.3, -0.25) is 10.1 Å². The second-order valence-corrected chi connectivity index (χ2v) is 7.43. The van der Waals surface area contributed by atoms with Crippen LogP contribution in [0.5, 0.6) is 0 Å². The lowest BCUT2D eigenvalue weighted by Crippen LogP contribution is -2.47. The molecule has 9 heteroatoms. The fraction of sp³-hybridized carbons (Fsp3) is 0.333. The number of nitrogens with zero attached hydrogens (tertiary/aromatic N) is 7. The summed E-state index contributed by atoms with van der Waals surface area (Å²) in [4.78, 5) is 24.4. The number of benzene rings is 1. The van der Waals surface area contributed by atoms with E-state index in [1.807, 2.05) is 32.2 Å². The second kappa shape index (κ2) is 8.40. The number of nitro groups is 1. The highest BCUT2D eigenvalue weighted by Gasteiger charge is 2.25. The molecule has 0 aliphatic carbocycles. The molecule has 0 N–H and O–H groups in total. The van der Waals surface area contributed by atoms with Gasteiger partial charge in [0.25, 0.3) is 5.69 Å². The molecule has 0 radical (unpaired) electrons. The maximum absolute atomic E-state index is 11.1. The van der Waals surface area contributed by atoms with E-state index in [2.05, 4.69) is 25.0 Å². The highest BCUT2D eigenvalue weighted by Crippen LogP contribution is 2.26. The number of anilines is 2. The van der Waals surface area contributed by atoms with Crippen LogP contribution in [0, 0.1) is 17.0 Å². The molecule has 1 saturated heterocycles. The molecule has 0 amide bonds. The van der Waals surface area contributed by atoms with Crippen molar-refractivity contribution in [1.29, 1.82) is 0 Å². The molecule has 30 heavy (non-hydrogen) atoms. The average molecular weight is 405 g/mol. The standard InChI is InChI=1S/C21H23N7O2/c1-15-12-20(24-21(23-15)16-6-3-7-17(13-16)28(29)30)26(2)18-8-5-11-27(14-18)19-9-4-10-22-25-19/h3-4,6-7,9-10,12-13,18H,5,8,11,14H2,1-2H3. The minimum absolute atomic E-state index is 0.0272. The Morgan fingerprint density at radius 2 is 2.07 bits per heavy atom. The summed E-state index contributed by atoms with van der Waals surface area (Å²) in [5.41, 5.74) is 1.47. The van der Waals surface area contributed by atoms with Crippen LogP contribution in [0.25, 0.3) is 11.4 Å². The van der Waals surface area contributed by atoms with E-state index in [4.69, 9.17) is 4.98 Å². The van der Waals surface area contributed by atoms with Crippen molar-refractivity contribution >= 4 is 17.3 Å².